The fourth-order valence-corrected chi connectivity index (χ4v) is 2.22. The molecule has 0 radical (unpaired) electrons. The Morgan fingerprint density at radius 3 is 2.58 bits per heavy atom. The van der Waals surface area contributed by atoms with Crippen molar-refractivity contribution in [3.05, 3.63) is 69.7 Å². The van der Waals surface area contributed by atoms with Crippen molar-refractivity contribution in [3.63, 3.8) is 0 Å². The van der Waals surface area contributed by atoms with Crippen molar-refractivity contribution in [1.29, 1.82) is 0 Å². The third kappa shape index (κ3) is 4.23. The zero-order chi connectivity index (χ0) is 13.7. The van der Waals surface area contributed by atoms with Gasteiger partial charge in [0.1, 0.15) is 0 Å². The molecule has 0 spiro atoms. The minimum absolute atomic E-state index is 0.215. The summed E-state index contributed by atoms with van der Waals surface area (Å²) in [6.45, 7) is 0. The van der Waals surface area contributed by atoms with Crippen LogP contribution in [0.2, 0.25) is 5.02 Å². The van der Waals surface area contributed by atoms with E-state index in [0.717, 1.165) is 10.0 Å². The molecule has 0 saturated carbocycles. The Labute approximate surface area is 125 Å². The Hall–Kier alpha value is -1.58. The van der Waals surface area contributed by atoms with E-state index in [-0.39, 0.29) is 5.91 Å². The Morgan fingerprint density at radius 2 is 1.89 bits per heavy atom. The molecule has 0 heterocycles. The minimum Gasteiger partial charge on any atom is -0.321 e. The summed E-state index contributed by atoms with van der Waals surface area (Å²) in [5.74, 6) is -0.215. The van der Waals surface area contributed by atoms with Crippen LogP contribution in [0.3, 0.4) is 0 Å². The Bertz CT molecular complexity index is 611. The standard InChI is InChI=1S/C15H11BrClNO/c16-12-7-8-14(13(17)10-12)18-15(19)9-6-11-4-2-1-3-5-11/h1-10H,(H,18,19). The van der Waals surface area contributed by atoms with Gasteiger partial charge in [0.25, 0.3) is 0 Å². The number of benzene rings is 2. The number of carbonyl (C=O) groups is 1. The minimum atomic E-state index is -0.215. The number of nitrogens with one attached hydrogen (secondary N) is 1. The van der Waals surface area contributed by atoms with E-state index in [1.807, 2.05) is 36.4 Å². The molecule has 2 rings (SSSR count). The van der Waals surface area contributed by atoms with Gasteiger partial charge >= 0.3 is 0 Å². The lowest BCUT2D eigenvalue weighted by atomic mass is 10.2. The summed E-state index contributed by atoms with van der Waals surface area (Å²) >= 11 is 9.33. The first kappa shape index (κ1) is 13.8. The highest BCUT2D eigenvalue weighted by Crippen LogP contribution is 2.25. The molecule has 2 aromatic carbocycles. The molecule has 0 unspecified atom stereocenters. The first-order valence-corrected chi connectivity index (χ1v) is 6.81. The van der Waals surface area contributed by atoms with E-state index < -0.39 is 0 Å². The van der Waals surface area contributed by atoms with Gasteiger partial charge in [-0.05, 0) is 29.8 Å². The van der Waals surface area contributed by atoms with Gasteiger partial charge in [0.05, 0.1) is 10.7 Å². The molecule has 0 fully saturated rings. The smallest absolute Gasteiger partial charge is 0.248 e. The molecule has 19 heavy (non-hydrogen) atoms. The second-order valence-electron chi connectivity index (χ2n) is 3.86. The second-order valence-corrected chi connectivity index (χ2v) is 5.18. The molecule has 0 saturated heterocycles. The first-order valence-electron chi connectivity index (χ1n) is 5.64. The Kier molecular flexibility index (Phi) is 4.77. The molecule has 1 amide bonds. The maximum absolute atomic E-state index is 11.8. The number of hydrogen-bond donors (Lipinski definition) is 1. The van der Waals surface area contributed by atoms with Gasteiger partial charge in [-0.1, -0.05) is 57.9 Å². The largest absolute Gasteiger partial charge is 0.321 e. The molecule has 0 bridgehead atoms. The molecule has 1 N–H and O–H groups in total. The van der Waals surface area contributed by atoms with Gasteiger partial charge < -0.3 is 5.32 Å². The van der Waals surface area contributed by atoms with Gasteiger partial charge in [0.2, 0.25) is 5.91 Å². The highest BCUT2D eigenvalue weighted by atomic mass is 79.9. The van der Waals surface area contributed by atoms with Crippen molar-refractivity contribution in [2.45, 2.75) is 0 Å². The Balaban J connectivity index is 2.04. The molecule has 96 valence electrons. The number of halogens is 2. The molecule has 0 aliphatic carbocycles. The fourth-order valence-electron chi connectivity index (χ4n) is 1.50. The molecular weight excluding hydrogens is 326 g/mol. The third-order valence-electron chi connectivity index (χ3n) is 2.42. The lowest BCUT2D eigenvalue weighted by Crippen LogP contribution is -2.08. The van der Waals surface area contributed by atoms with E-state index in [1.54, 1.807) is 18.2 Å². The van der Waals surface area contributed by atoms with E-state index in [4.69, 9.17) is 11.6 Å². The average molecular weight is 337 g/mol. The lowest BCUT2D eigenvalue weighted by Gasteiger charge is -2.04. The summed E-state index contributed by atoms with van der Waals surface area (Å²) in [6.07, 6.45) is 3.23. The molecule has 0 aromatic heterocycles. The predicted octanol–water partition coefficient (Wildman–Crippen LogP) is 4.75. The average Bonchev–Trinajstić information content (AvgIpc) is 2.41. The number of anilines is 1. The molecule has 2 aromatic rings. The topological polar surface area (TPSA) is 29.1 Å². The van der Waals surface area contributed by atoms with Crippen LogP contribution in [-0.2, 0) is 4.79 Å². The van der Waals surface area contributed by atoms with Crippen LogP contribution in [-0.4, -0.2) is 5.91 Å². The quantitative estimate of drug-likeness (QED) is 0.805. The highest BCUT2D eigenvalue weighted by Gasteiger charge is 2.03. The van der Waals surface area contributed by atoms with E-state index in [0.29, 0.717) is 10.7 Å². The van der Waals surface area contributed by atoms with Gasteiger partial charge in [-0.25, -0.2) is 0 Å². The van der Waals surface area contributed by atoms with Crippen LogP contribution < -0.4 is 5.32 Å². The van der Waals surface area contributed by atoms with E-state index in [1.165, 1.54) is 6.08 Å². The summed E-state index contributed by atoms with van der Waals surface area (Å²) in [7, 11) is 0. The first-order chi connectivity index (χ1) is 9.15. The number of amides is 1. The predicted molar refractivity (Wildman–Crippen MR) is 83.3 cm³/mol. The van der Waals surface area contributed by atoms with E-state index in [2.05, 4.69) is 21.2 Å². The van der Waals surface area contributed by atoms with Gasteiger partial charge in [-0.2, -0.15) is 0 Å². The maximum atomic E-state index is 11.8. The van der Waals surface area contributed by atoms with Crippen LogP contribution in [0.15, 0.2) is 59.1 Å². The molecule has 0 atom stereocenters. The van der Waals surface area contributed by atoms with Crippen molar-refractivity contribution in [2.24, 2.45) is 0 Å². The van der Waals surface area contributed by atoms with E-state index in [9.17, 15) is 4.79 Å². The summed E-state index contributed by atoms with van der Waals surface area (Å²) in [5.41, 5.74) is 1.56. The normalized spacial score (nSPS) is 10.6. The molecule has 0 aliphatic heterocycles. The number of carbonyl (C=O) groups excluding carboxylic acids is 1. The van der Waals surface area contributed by atoms with Crippen molar-refractivity contribution in [1.82, 2.24) is 0 Å². The van der Waals surface area contributed by atoms with Gasteiger partial charge in [0, 0.05) is 10.5 Å². The van der Waals surface area contributed by atoms with Crippen LogP contribution in [0, 0.1) is 0 Å². The van der Waals surface area contributed by atoms with Crippen molar-refractivity contribution in [2.75, 3.05) is 5.32 Å². The third-order valence-corrected chi connectivity index (χ3v) is 3.22. The van der Waals surface area contributed by atoms with Crippen molar-refractivity contribution >= 4 is 45.2 Å². The summed E-state index contributed by atoms with van der Waals surface area (Å²) in [6, 6.07) is 14.9. The summed E-state index contributed by atoms with van der Waals surface area (Å²) in [5, 5.41) is 3.23. The molecular formula is C15H11BrClNO. The fraction of sp³-hybridized carbons (Fsp3) is 0. The zero-order valence-corrected chi connectivity index (χ0v) is 12.3. The van der Waals surface area contributed by atoms with Crippen LogP contribution in [0.25, 0.3) is 6.08 Å². The summed E-state index contributed by atoms with van der Waals surface area (Å²) < 4.78 is 0.871. The monoisotopic (exact) mass is 335 g/mol. The van der Waals surface area contributed by atoms with Crippen LogP contribution >= 0.6 is 27.5 Å². The van der Waals surface area contributed by atoms with Gasteiger partial charge in [-0.15, -0.1) is 0 Å². The van der Waals surface area contributed by atoms with Crippen molar-refractivity contribution in [3.8, 4) is 0 Å². The highest BCUT2D eigenvalue weighted by molar-refractivity contribution is 9.10. The number of hydrogen-bond acceptors (Lipinski definition) is 1. The van der Waals surface area contributed by atoms with Crippen LogP contribution in [0.4, 0.5) is 5.69 Å². The van der Waals surface area contributed by atoms with Gasteiger partial charge in [-0.3, -0.25) is 4.79 Å². The van der Waals surface area contributed by atoms with Gasteiger partial charge in [0.15, 0.2) is 0 Å². The van der Waals surface area contributed by atoms with E-state index >= 15 is 0 Å². The summed E-state index contributed by atoms with van der Waals surface area (Å²) in [4.78, 5) is 11.8. The molecule has 0 aliphatic rings. The van der Waals surface area contributed by atoms with Crippen LogP contribution in [0.1, 0.15) is 5.56 Å². The second kappa shape index (κ2) is 6.55. The molecule has 2 nitrogen and oxygen atoms in total. The Morgan fingerprint density at radius 1 is 1.16 bits per heavy atom. The maximum Gasteiger partial charge on any atom is 0.248 e. The SMILES string of the molecule is O=C(C=Cc1ccccc1)Nc1ccc(Br)cc1Cl. The van der Waals surface area contributed by atoms with Crippen molar-refractivity contribution < 1.29 is 4.79 Å². The molecule has 4 heteroatoms. The van der Waals surface area contributed by atoms with Crippen LogP contribution in [0.5, 0.6) is 0 Å². The zero-order valence-electron chi connectivity index (χ0n) is 9.94. The number of rotatable bonds is 3. The lowest BCUT2D eigenvalue weighted by molar-refractivity contribution is -0.111.